The van der Waals surface area contributed by atoms with Crippen LogP contribution in [0.1, 0.15) is 15.9 Å². The van der Waals surface area contributed by atoms with Gasteiger partial charge in [0.15, 0.2) is 0 Å². The summed E-state index contributed by atoms with van der Waals surface area (Å²) < 4.78 is 28.6. The van der Waals surface area contributed by atoms with E-state index in [1.54, 1.807) is 42.5 Å². The molecule has 1 fully saturated rings. The number of halogens is 8. The van der Waals surface area contributed by atoms with Gasteiger partial charge < -0.3 is 5.32 Å². The van der Waals surface area contributed by atoms with E-state index in [0.717, 1.165) is 26.6 Å². The number of carbonyl (C=O) groups excluding carboxylic acids is 2. The standard InChI is InChI=1S/C36H23Cl8N5O4S2/c1-17-7-11-20(12-8-17)55(52,53)48(2)25-5-3-4-6-26(25)54-33-34(47-49(36(33)51)32-30(43)28(41)27(40)29(42)31(32)44)46-24-16-19(10-14-22(24)38)45-35(50)18-9-13-21(37)23(39)15-18/h3-16,33H,1-2H3,(H,45,50)(H,46,47). The van der Waals surface area contributed by atoms with Crippen molar-refractivity contribution < 1.29 is 18.0 Å². The molecule has 6 rings (SSSR count). The van der Waals surface area contributed by atoms with E-state index in [-0.39, 0.29) is 73.5 Å². The maximum absolute atomic E-state index is 14.4. The van der Waals surface area contributed by atoms with Crippen LogP contribution in [0, 0.1) is 6.92 Å². The second-order valence-electron chi connectivity index (χ2n) is 11.7. The molecule has 0 aromatic heterocycles. The Kier molecular flexibility index (Phi) is 12.7. The maximum atomic E-state index is 14.4. The van der Waals surface area contributed by atoms with Crippen LogP contribution in [-0.2, 0) is 14.8 Å². The van der Waals surface area contributed by atoms with E-state index in [1.165, 1.54) is 49.5 Å². The molecular weight excluding hydrogens is 914 g/mol. The van der Waals surface area contributed by atoms with Crippen molar-refractivity contribution in [3.05, 3.63) is 136 Å². The summed E-state index contributed by atoms with van der Waals surface area (Å²) in [4.78, 5) is 32.7. The lowest BCUT2D eigenvalue weighted by molar-refractivity contribution is -0.116. The van der Waals surface area contributed by atoms with Crippen LogP contribution in [-0.4, -0.2) is 38.4 Å². The molecule has 9 nitrogen and oxygen atoms in total. The zero-order chi connectivity index (χ0) is 39.9. The molecule has 55 heavy (non-hydrogen) atoms. The van der Waals surface area contributed by atoms with Gasteiger partial charge >= 0.3 is 0 Å². The third-order valence-electron chi connectivity index (χ3n) is 8.09. The lowest BCUT2D eigenvalue weighted by Crippen LogP contribution is -2.36. The molecule has 1 unspecified atom stereocenters. The lowest BCUT2D eigenvalue weighted by Gasteiger charge is -2.23. The third-order valence-corrected chi connectivity index (χ3v) is 14.4. The summed E-state index contributed by atoms with van der Waals surface area (Å²) in [6.07, 6.45) is 0. The summed E-state index contributed by atoms with van der Waals surface area (Å²) >= 11 is 51.9. The van der Waals surface area contributed by atoms with Crippen molar-refractivity contribution in [3.8, 4) is 0 Å². The zero-order valence-electron chi connectivity index (χ0n) is 28.0. The average molecular weight is 937 g/mol. The van der Waals surface area contributed by atoms with Crippen molar-refractivity contribution in [2.45, 2.75) is 22.0 Å². The molecule has 1 aliphatic rings. The largest absolute Gasteiger partial charge is 0.322 e. The molecule has 5 aromatic rings. The minimum atomic E-state index is -4.03. The Labute approximate surface area is 360 Å². The second kappa shape index (κ2) is 16.8. The Morgan fingerprint density at radius 3 is 2.07 bits per heavy atom. The number of sulfonamides is 1. The molecule has 5 aromatic carbocycles. The number of amidine groups is 1. The van der Waals surface area contributed by atoms with Crippen LogP contribution in [0.4, 0.5) is 22.7 Å². The number of nitrogens with zero attached hydrogens (tertiary/aromatic N) is 3. The Morgan fingerprint density at radius 2 is 1.42 bits per heavy atom. The summed E-state index contributed by atoms with van der Waals surface area (Å²) in [6, 6.07) is 22.1. The first-order chi connectivity index (χ1) is 26.0. The molecule has 0 bridgehead atoms. The third kappa shape index (κ3) is 8.48. The van der Waals surface area contributed by atoms with Gasteiger partial charge in [0.25, 0.3) is 21.8 Å². The fourth-order valence-corrected chi connectivity index (χ4v) is 9.38. The molecule has 2 N–H and O–H groups in total. The number of aryl methyl sites for hydroxylation is 1. The lowest BCUT2D eigenvalue weighted by atomic mass is 10.2. The summed E-state index contributed by atoms with van der Waals surface area (Å²) in [5.41, 5.74) is 4.70. The molecule has 19 heteroatoms. The van der Waals surface area contributed by atoms with Gasteiger partial charge in [0, 0.05) is 23.2 Å². The highest BCUT2D eigenvalue weighted by molar-refractivity contribution is 8.01. The summed E-state index contributed by atoms with van der Waals surface area (Å²) in [7, 11) is -2.61. The van der Waals surface area contributed by atoms with Crippen LogP contribution in [0.2, 0.25) is 40.2 Å². The van der Waals surface area contributed by atoms with Gasteiger partial charge in [-0.15, -0.1) is 11.8 Å². The summed E-state index contributed by atoms with van der Waals surface area (Å²) in [6.45, 7) is 1.85. The molecule has 0 saturated carbocycles. The Balaban J connectivity index is 1.42. The summed E-state index contributed by atoms with van der Waals surface area (Å²) in [5.74, 6) is -1.10. The van der Waals surface area contributed by atoms with Crippen molar-refractivity contribution in [1.82, 2.24) is 5.43 Å². The number of thioether (sulfide) groups is 1. The quantitative estimate of drug-likeness (QED) is 0.112. The minimum Gasteiger partial charge on any atom is -0.322 e. The van der Waals surface area contributed by atoms with E-state index in [1.807, 2.05) is 6.92 Å². The van der Waals surface area contributed by atoms with Gasteiger partial charge in [-0.2, -0.15) is 0 Å². The second-order valence-corrected chi connectivity index (χ2v) is 17.9. The van der Waals surface area contributed by atoms with E-state index in [4.69, 9.17) is 97.8 Å². The Morgan fingerprint density at radius 1 is 0.800 bits per heavy atom. The van der Waals surface area contributed by atoms with Crippen LogP contribution in [0.25, 0.3) is 0 Å². The van der Waals surface area contributed by atoms with E-state index in [9.17, 15) is 18.0 Å². The smallest absolute Gasteiger partial charge is 0.267 e. The van der Waals surface area contributed by atoms with E-state index < -0.39 is 27.1 Å². The average Bonchev–Trinajstić information content (AvgIpc) is 3.45. The topological polar surface area (TPSA) is 111 Å². The summed E-state index contributed by atoms with van der Waals surface area (Å²) in [5, 5.41) is 2.46. The molecule has 1 heterocycles. The van der Waals surface area contributed by atoms with E-state index in [0.29, 0.717) is 10.6 Å². The number of rotatable bonds is 9. The van der Waals surface area contributed by atoms with Gasteiger partial charge in [-0.3, -0.25) is 19.3 Å². The molecule has 284 valence electrons. The molecule has 0 radical (unpaired) electrons. The number of benzene rings is 5. The Bertz CT molecular complexity index is 2490. The van der Waals surface area contributed by atoms with Gasteiger partial charge in [0.1, 0.15) is 16.8 Å². The van der Waals surface area contributed by atoms with Crippen molar-refractivity contribution in [1.29, 1.82) is 0 Å². The fourth-order valence-electron chi connectivity index (χ4n) is 5.20. The van der Waals surface area contributed by atoms with Gasteiger partial charge in [0.05, 0.1) is 56.5 Å². The number of hydrazine groups is 1. The fraction of sp³-hybridized carbons (Fsp3) is 0.0833. The van der Waals surface area contributed by atoms with Crippen LogP contribution in [0.3, 0.4) is 0 Å². The highest BCUT2D eigenvalue weighted by Crippen LogP contribution is 2.49. The predicted octanol–water partition coefficient (Wildman–Crippen LogP) is 12.0. The van der Waals surface area contributed by atoms with Crippen molar-refractivity contribution >= 4 is 155 Å². The normalized spacial score (nSPS) is 15.0. The zero-order valence-corrected chi connectivity index (χ0v) is 35.7. The first-order valence-electron chi connectivity index (χ1n) is 15.6. The van der Waals surface area contributed by atoms with Gasteiger partial charge in [0.2, 0.25) is 0 Å². The molecule has 1 saturated heterocycles. The van der Waals surface area contributed by atoms with Crippen LogP contribution in [0.15, 0.2) is 99.7 Å². The van der Waals surface area contributed by atoms with Gasteiger partial charge in [-0.05, 0) is 67.6 Å². The molecule has 0 aliphatic carbocycles. The van der Waals surface area contributed by atoms with E-state index >= 15 is 0 Å². The van der Waals surface area contributed by atoms with Crippen LogP contribution < -0.4 is 20.1 Å². The van der Waals surface area contributed by atoms with Crippen molar-refractivity contribution in [2.75, 3.05) is 21.7 Å². The van der Waals surface area contributed by atoms with Crippen LogP contribution in [0.5, 0.6) is 0 Å². The number of carbonyl (C=O) groups is 2. The number of nitrogens with one attached hydrogen (secondary N) is 2. The molecule has 1 atom stereocenters. The molecule has 1 aliphatic heterocycles. The van der Waals surface area contributed by atoms with E-state index in [2.05, 4.69) is 10.7 Å². The first-order valence-corrected chi connectivity index (χ1v) is 20.9. The Hall–Kier alpha value is -3.07. The van der Waals surface area contributed by atoms with Crippen molar-refractivity contribution in [3.63, 3.8) is 0 Å². The highest BCUT2D eigenvalue weighted by atomic mass is 35.5. The maximum Gasteiger partial charge on any atom is 0.267 e. The number of hydrogen-bond acceptors (Lipinski definition) is 6. The highest BCUT2D eigenvalue weighted by Gasteiger charge is 2.43. The van der Waals surface area contributed by atoms with Gasteiger partial charge in [-0.1, -0.05) is 123 Å². The number of hydrogen-bond donors (Lipinski definition) is 2. The molecular formula is C36H23Cl8N5O4S2. The number of amides is 2. The molecule has 2 amide bonds. The predicted molar refractivity (Wildman–Crippen MR) is 228 cm³/mol. The van der Waals surface area contributed by atoms with Crippen molar-refractivity contribution in [2.24, 2.45) is 4.99 Å². The monoisotopic (exact) mass is 933 g/mol. The number of aliphatic imine (C=N–C) groups is 1. The number of anilines is 3. The molecule has 0 spiro atoms. The number of para-hydroxylation sites is 1. The SMILES string of the molecule is Cc1ccc(S(=O)(=O)N(C)c2ccccc2SC2C(=O)N(c3c(Cl)c(Cl)c(Cl)c(Cl)c3Cl)NC2=Nc2cc(NC(=O)c3ccc(Cl)c(Cl)c3)ccc2Cl)cc1. The minimum absolute atomic E-state index is 0.0260. The first kappa shape index (κ1) is 41.6. The van der Waals surface area contributed by atoms with Crippen LogP contribution >= 0.6 is 105 Å². The van der Waals surface area contributed by atoms with Gasteiger partial charge in [-0.25, -0.2) is 18.4 Å².